The summed E-state index contributed by atoms with van der Waals surface area (Å²) in [5, 5.41) is 10.2. The lowest BCUT2D eigenvalue weighted by atomic mass is 10.1. The lowest BCUT2D eigenvalue weighted by molar-refractivity contribution is 1.30. The van der Waals surface area contributed by atoms with E-state index in [1.54, 1.807) is 24.4 Å². The first-order chi connectivity index (χ1) is 8.13. The van der Waals surface area contributed by atoms with Crippen LogP contribution in [0.4, 0.5) is 0 Å². The maximum Gasteiger partial charge on any atom is 0.101 e. The molecule has 0 unspecified atom stereocenters. The van der Waals surface area contributed by atoms with Gasteiger partial charge < -0.3 is 0 Å². The van der Waals surface area contributed by atoms with E-state index in [1.165, 1.54) is 6.07 Å². The second-order valence-corrected chi connectivity index (χ2v) is 4.48. The van der Waals surface area contributed by atoms with Gasteiger partial charge in [-0.3, -0.25) is 4.98 Å². The first kappa shape index (κ1) is 12.2. The third-order valence-electron chi connectivity index (χ3n) is 2.19. The number of nitrogens with zero attached hydrogens (tertiary/aromatic N) is 2. The fourth-order valence-electron chi connectivity index (χ4n) is 1.41. The van der Waals surface area contributed by atoms with Gasteiger partial charge in [-0.25, -0.2) is 0 Å². The van der Waals surface area contributed by atoms with Crippen molar-refractivity contribution in [2.24, 2.45) is 0 Å². The van der Waals surface area contributed by atoms with Gasteiger partial charge in [0.1, 0.15) is 6.07 Å². The predicted octanol–water partition coefficient (Wildman–Crippen LogP) is 4.58. The number of halogens is 3. The molecule has 1 aromatic heterocycles. The zero-order chi connectivity index (χ0) is 12.4. The van der Waals surface area contributed by atoms with Gasteiger partial charge in [-0.15, -0.1) is 0 Å². The molecular weight excluding hydrogens is 279 g/mol. The number of rotatable bonds is 1. The SMILES string of the molecule is N#Cc1cccnc1-c1cc(Cl)c(Cl)cc1Cl. The number of hydrogen-bond donors (Lipinski definition) is 0. The van der Waals surface area contributed by atoms with Gasteiger partial charge in [0.15, 0.2) is 0 Å². The topological polar surface area (TPSA) is 36.7 Å². The van der Waals surface area contributed by atoms with Crippen LogP contribution >= 0.6 is 34.8 Å². The van der Waals surface area contributed by atoms with Crippen LogP contribution in [0.5, 0.6) is 0 Å². The molecule has 0 fully saturated rings. The summed E-state index contributed by atoms with van der Waals surface area (Å²) in [6, 6.07) is 8.56. The fourth-order valence-corrected chi connectivity index (χ4v) is 2.05. The maximum absolute atomic E-state index is 9.00. The average molecular weight is 284 g/mol. The first-order valence-electron chi connectivity index (χ1n) is 4.63. The molecule has 0 saturated carbocycles. The molecule has 0 aliphatic carbocycles. The van der Waals surface area contributed by atoms with Crippen LogP contribution in [0.2, 0.25) is 15.1 Å². The second kappa shape index (κ2) is 4.93. The summed E-state index contributed by atoms with van der Waals surface area (Å²) in [6.07, 6.45) is 1.59. The standard InChI is InChI=1S/C12H5Cl3N2/c13-9-5-11(15)10(14)4-8(9)12-7(6-16)2-1-3-17-12/h1-5H. The van der Waals surface area contributed by atoms with Crippen LogP contribution in [-0.2, 0) is 0 Å². The van der Waals surface area contributed by atoms with E-state index in [0.29, 0.717) is 31.9 Å². The zero-order valence-corrected chi connectivity index (χ0v) is 10.7. The molecule has 0 atom stereocenters. The van der Waals surface area contributed by atoms with Gasteiger partial charge in [-0.05, 0) is 24.3 Å². The van der Waals surface area contributed by atoms with E-state index in [4.69, 9.17) is 40.1 Å². The Hall–Kier alpha value is -1.27. The number of hydrogen-bond acceptors (Lipinski definition) is 2. The minimum atomic E-state index is 0.370. The molecule has 0 amide bonds. The Labute approximate surface area is 113 Å². The van der Waals surface area contributed by atoms with Crippen molar-refractivity contribution in [1.82, 2.24) is 4.98 Å². The van der Waals surface area contributed by atoms with E-state index < -0.39 is 0 Å². The average Bonchev–Trinajstić information content (AvgIpc) is 2.34. The van der Waals surface area contributed by atoms with Gasteiger partial charge in [-0.1, -0.05) is 34.8 Å². The Balaban J connectivity index is 2.69. The van der Waals surface area contributed by atoms with Gasteiger partial charge in [0, 0.05) is 11.8 Å². The van der Waals surface area contributed by atoms with Gasteiger partial charge in [0.25, 0.3) is 0 Å². The monoisotopic (exact) mass is 282 g/mol. The summed E-state index contributed by atoms with van der Waals surface area (Å²) in [4.78, 5) is 4.14. The summed E-state index contributed by atoms with van der Waals surface area (Å²) >= 11 is 17.8. The summed E-state index contributed by atoms with van der Waals surface area (Å²) < 4.78 is 0. The fraction of sp³-hybridized carbons (Fsp3) is 0. The van der Waals surface area contributed by atoms with Crippen molar-refractivity contribution in [2.75, 3.05) is 0 Å². The first-order valence-corrected chi connectivity index (χ1v) is 5.77. The van der Waals surface area contributed by atoms with Gasteiger partial charge in [0.2, 0.25) is 0 Å². The lowest BCUT2D eigenvalue weighted by Crippen LogP contribution is -1.89. The molecule has 0 aliphatic heterocycles. The molecule has 17 heavy (non-hydrogen) atoms. The van der Waals surface area contributed by atoms with E-state index in [2.05, 4.69) is 11.1 Å². The summed E-state index contributed by atoms with van der Waals surface area (Å²) in [5.74, 6) is 0. The highest BCUT2D eigenvalue weighted by atomic mass is 35.5. The molecule has 1 heterocycles. The van der Waals surface area contributed by atoms with Crippen LogP contribution in [0.25, 0.3) is 11.3 Å². The maximum atomic E-state index is 9.00. The van der Waals surface area contributed by atoms with Crippen molar-refractivity contribution >= 4 is 34.8 Å². The van der Waals surface area contributed by atoms with Crippen LogP contribution in [0, 0.1) is 11.3 Å². The smallest absolute Gasteiger partial charge is 0.101 e. The minimum Gasteiger partial charge on any atom is -0.255 e. The van der Waals surface area contributed by atoms with Crippen molar-refractivity contribution in [1.29, 1.82) is 5.26 Å². The number of nitriles is 1. The number of benzene rings is 1. The van der Waals surface area contributed by atoms with E-state index in [-0.39, 0.29) is 0 Å². The molecule has 2 rings (SSSR count). The van der Waals surface area contributed by atoms with E-state index >= 15 is 0 Å². The summed E-state index contributed by atoms with van der Waals surface area (Å²) in [6.45, 7) is 0. The van der Waals surface area contributed by atoms with Gasteiger partial charge in [0.05, 0.1) is 26.3 Å². The molecule has 0 N–H and O–H groups in total. The van der Waals surface area contributed by atoms with Crippen LogP contribution < -0.4 is 0 Å². The molecule has 0 radical (unpaired) electrons. The van der Waals surface area contributed by atoms with Gasteiger partial charge >= 0.3 is 0 Å². The van der Waals surface area contributed by atoms with Crippen LogP contribution in [-0.4, -0.2) is 4.98 Å². The predicted molar refractivity (Wildman–Crippen MR) is 69.4 cm³/mol. The molecule has 0 bridgehead atoms. The van der Waals surface area contributed by atoms with Gasteiger partial charge in [-0.2, -0.15) is 5.26 Å². The molecule has 1 aromatic carbocycles. The van der Waals surface area contributed by atoms with E-state index in [9.17, 15) is 0 Å². The highest BCUT2D eigenvalue weighted by Gasteiger charge is 2.12. The quantitative estimate of drug-likeness (QED) is 0.718. The highest BCUT2D eigenvalue weighted by Crippen LogP contribution is 2.35. The van der Waals surface area contributed by atoms with E-state index in [1.807, 2.05) is 0 Å². The zero-order valence-electron chi connectivity index (χ0n) is 8.42. The lowest BCUT2D eigenvalue weighted by Gasteiger charge is -2.07. The molecular formula is C12H5Cl3N2. The third kappa shape index (κ3) is 2.37. The Bertz CT molecular complexity index is 618. The van der Waals surface area contributed by atoms with Crippen LogP contribution in [0.15, 0.2) is 30.5 Å². The normalized spacial score (nSPS) is 10.0. The van der Waals surface area contributed by atoms with Crippen LogP contribution in [0.1, 0.15) is 5.56 Å². The second-order valence-electron chi connectivity index (χ2n) is 3.26. The Kier molecular flexibility index (Phi) is 3.54. The summed E-state index contributed by atoms with van der Waals surface area (Å²) in [5.41, 5.74) is 1.53. The van der Waals surface area contributed by atoms with Crippen molar-refractivity contribution in [3.05, 3.63) is 51.1 Å². The largest absolute Gasteiger partial charge is 0.255 e. The molecule has 0 spiro atoms. The Morgan fingerprint density at radius 1 is 1.06 bits per heavy atom. The van der Waals surface area contributed by atoms with Crippen molar-refractivity contribution < 1.29 is 0 Å². The van der Waals surface area contributed by atoms with Crippen molar-refractivity contribution in [2.45, 2.75) is 0 Å². The molecule has 0 saturated heterocycles. The van der Waals surface area contributed by atoms with Crippen molar-refractivity contribution in [3.8, 4) is 17.3 Å². The number of pyridine rings is 1. The number of aromatic nitrogens is 1. The molecule has 2 nitrogen and oxygen atoms in total. The Morgan fingerprint density at radius 2 is 1.76 bits per heavy atom. The summed E-state index contributed by atoms with van der Waals surface area (Å²) in [7, 11) is 0. The minimum absolute atomic E-state index is 0.370. The third-order valence-corrected chi connectivity index (χ3v) is 3.23. The van der Waals surface area contributed by atoms with Crippen LogP contribution in [0.3, 0.4) is 0 Å². The van der Waals surface area contributed by atoms with Crippen molar-refractivity contribution in [3.63, 3.8) is 0 Å². The molecule has 5 heteroatoms. The van der Waals surface area contributed by atoms with E-state index in [0.717, 1.165) is 0 Å². The highest BCUT2D eigenvalue weighted by molar-refractivity contribution is 6.44. The molecule has 2 aromatic rings. The Morgan fingerprint density at radius 3 is 2.47 bits per heavy atom. The molecule has 84 valence electrons. The molecule has 0 aliphatic rings.